The van der Waals surface area contributed by atoms with Crippen molar-refractivity contribution < 1.29 is 4.57 Å². The Labute approximate surface area is 122 Å². The van der Waals surface area contributed by atoms with Gasteiger partial charge in [0.2, 0.25) is 7.14 Å². The van der Waals surface area contributed by atoms with E-state index in [0.29, 0.717) is 0 Å². The van der Waals surface area contributed by atoms with Crippen molar-refractivity contribution in [2.45, 2.75) is 19.6 Å². The van der Waals surface area contributed by atoms with Crippen LogP contribution in [0.1, 0.15) is 0 Å². The van der Waals surface area contributed by atoms with Gasteiger partial charge in [0.05, 0.1) is 0 Å². The molecule has 0 aliphatic rings. The van der Waals surface area contributed by atoms with E-state index in [1.807, 2.05) is 60.7 Å². The minimum atomic E-state index is -2.85. The van der Waals surface area contributed by atoms with Crippen molar-refractivity contribution >= 4 is 25.8 Å². The number of benzene rings is 2. The second kappa shape index (κ2) is 5.83. The van der Waals surface area contributed by atoms with Crippen LogP contribution in [-0.4, -0.2) is 8.07 Å². The van der Waals surface area contributed by atoms with Crippen LogP contribution in [0.4, 0.5) is 0 Å². The van der Waals surface area contributed by atoms with E-state index in [0.717, 1.165) is 10.6 Å². The van der Waals surface area contributed by atoms with Crippen molar-refractivity contribution in [2.24, 2.45) is 0 Å². The maximum atomic E-state index is 13.5. The summed E-state index contributed by atoms with van der Waals surface area (Å²) >= 11 is 0. The van der Waals surface area contributed by atoms with Crippen LogP contribution in [0.3, 0.4) is 0 Å². The molecule has 2 aromatic rings. The summed E-state index contributed by atoms with van der Waals surface area (Å²) in [7, 11) is -4.41. The SMILES string of the molecule is C[Si](C)(C)C#CP(=O)(c1ccccc1)c1ccccc1. The average molecular weight is 298 g/mol. The average Bonchev–Trinajstić information content (AvgIpc) is 2.46. The Hall–Kier alpha value is -1.55. The number of hydrogen-bond acceptors (Lipinski definition) is 1. The first-order chi connectivity index (χ1) is 9.42. The van der Waals surface area contributed by atoms with E-state index in [2.05, 4.69) is 30.8 Å². The maximum Gasteiger partial charge on any atom is 0.210 e. The van der Waals surface area contributed by atoms with Crippen molar-refractivity contribution in [3.63, 3.8) is 0 Å². The Balaban J connectivity index is 2.61. The van der Waals surface area contributed by atoms with E-state index in [1.165, 1.54) is 0 Å². The van der Waals surface area contributed by atoms with Crippen LogP contribution in [0.25, 0.3) is 0 Å². The lowest BCUT2D eigenvalue weighted by Gasteiger charge is -2.14. The molecule has 3 heteroatoms. The zero-order valence-corrected chi connectivity index (χ0v) is 14.0. The minimum Gasteiger partial charge on any atom is -0.300 e. The molecule has 0 unspecified atom stereocenters. The van der Waals surface area contributed by atoms with Gasteiger partial charge in [0.15, 0.2) is 0 Å². The van der Waals surface area contributed by atoms with Gasteiger partial charge in [-0.15, -0.1) is 5.54 Å². The monoisotopic (exact) mass is 298 g/mol. The van der Waals surface area contributed by atoms with E-state index in [9.17, 15) is 4.57 Å². The molecule has 0 aromatic heterocycles. The highest BCUT2D eigenvalue weighted by atomic mass is 31.2. The summed E-state index contributed by atoms with van der Waals surface area (Å²) in [5.41, 5.74) is 6.42. The predicted octanol–water partition coefficient (Wildman–Crippen LogP) is 3.84. The first-order valence-corrected chi connectivity index (χ1v) is 11.9. The molecule has 0 radical (unpaired) electrons. The van der Waals surface area contributed by atoms with Crippen LogP contribution < -0.4 is 10.6 Å². The van der Waals surface area contributed by atoms with Gasteiger partial charge in [-0.1, -0.05) is 80.3 Å². The highest BCUT2D eigenvalue weighted by molar-refractivity contribution is 7.83. The fourth-order valence-corrected chi connectivity index (χ4v) is 5.51. The third-order valence-corrected chi connectivity index (χ3v) is 6.39. The summed E-state index contributed by atoms with van der Waals surface area (Å²) in [4.78, 5) is 0. The second-order valence-electron chi connectivity index (χ2n) is 5.77. The molecule has 0 atom stereocenters. The standard InChI is InChI=1S/C17H19OPSi/c1-20(2,3)15-14-19(18,16-10-6-4-7-11-16)17-12-8-5-9-13-17/h4-13H,1-3H3. The summed E-state index contributed by atoms with van der Waals surface area (Å²) in [6.07, 6.45) is 0. The highest BCUT2D eigenvalue weighted by Gasteiger charge is 2.25. The van der Waals surface area contributed by atoms with Crippen LogP contribution in [-0.2, 0) is 4.57 Å². The molecule has 0 saturated heterocycles. The molecular formula is C17H19OPSi. The number of hydrogen-bond donors (Lipinski definition) is 0. The van der Waals surface area contributed by atoms with Gasteiger partial charge < -0.3 is 0 Å². The maximum absolute atomic E-state index is 13.5. The first kappa shape index (κ1) is 14.8. The third-order valence-electron chi connectivity index (χ3n) is 2.83. The van der Waals surface area contributed by atoms with Gasteiger partial charge in [-0.2, -0.15) is 0 Å². The molecule has 0 aliphatic carbocycles. The first-order valence-electron chi connectivity index (χ1n) is 6.67. The van der Waals surface area contributed by atoms with Gasteiger partial charge in [-0.3, -0.25) is 4.57 Å². The topological polar surface area (TPSA) is 17.1 Å². The van der Waals surface area contributed by atoms with Gasteiger partial charge in [0.25, 0.3) is 0 Å². The van der Waals surface area contributed by atoms with Gasteiger partial charge >= 0.3 is 0 Å². The third kappa shape index (κ3) is 3.51. The molecule has 2 aromatic carbocycles. The Morgan fingerprint density at radius 3 is 1.55 bits per heavy atom. The lowest BCUT2D eigenvalue weighted by molar-refractivity contribution is 0.593. The van der Waals surface area contributed by atoms with Crippen molar-refractivity contribution in [1.29, 1.82) is 0 Å². The second-order valence-corrected chi connectivity index (χ2v) is 13.0. The Bertz CT molecular complexity index is 632. The van der Waals surface area contributed by atoms with E-state index < -0.39 is 15.2 Å². The van der Waals surface area contributed by atoms with Gasteiger partial charge in [0.1, 0.15) is 8.07 Å². The number of rotatable bonds is 2. The Morgan fingerprint density at radius 2 is 1.20 bits per heavy atom. The van der Waals surface area contributed by atoms with Crippen molar-refractivity contribution in [1.82, 2.24) is 0 Å². The molecule has 0 saturated carbocycles. The van der Waals surface area contributed by atoms with E-state index in [4.69, 9.17) is 0 Å². The summed E-state index contributed by atoms with van der Waals surface area (Å²) in [6.45, 7) is 6.50. The summed E-state index contributed by atoms with van der Waals surface area (Å²) in [6, 6.07) is 19.2. The minimum absolute atomic E-state index is 0.817. The van der Waals surface area contributed by atoms with Crippen LogP contribution in [0.2, 0.25) is 19.6 Å². The molecule has 0 aliphatic heterocycles. The Morgan fingerprint density at radius 1 is 0.800 bits per heavy atom. The molecule has 1 nitrogen and oxygen atoms in total. The zero-order chi connectivity index (χ0) is 14.6. The normalized spacial score (nSPS) is 11.6. The molecule has 0 spiro atoms. The summed E-state index contributed by atoms with van der Waals surface area (Å²) < 4.78 is 13.5. The molecule has 0 heterocycles. The molecule has 0 bridgehead atoms. The summed E-state index contributed by atoms with van der Waals surface area (Å²) in [5.74, 6) is 0. The molecule has 0 amide bonds. The molecule has 2 rings (SSSR count). The van der Waals surface area contributed by atoms with Crippen LogP contribution >= 0.6 is 7.14 Å². The fourth-order valence-electron chi connectivity index (χ4n) is 1.80. The van der Waals surface area contributed by atoms with Crippen molar-refractivity contribution in [3.8, 4) is 11.2 Å². The molecule has 0 fully saturated rings. The van der Waals surface area contributed by atoms with Crippen molar-refractivity contribution in [3.05, 3.63) is 60.7 Å². The quantitative estimate of drug-likeness (QED) is 0.468. The van der Waals surface area contributed by atoms with Gasteiger partial charge in [0, 0.05) is 10.6 Å². The summed E-state index contributed by atoms with van der Waals surface area (Å²) in [5, 5.41) is 1.63. The lowest BCUT2D eigenvalue weighted by Crippen LogP contribution is -2.19. The molecular weight excluding hydrogens is 279 g/mol. The molecule has 20 heavy (non-hydrogen) atoms. The van der Waals surface area contributed by atoms with E-state index >= 15 is 0 Å². The predicted molar refractivity (Wildman–Crippen MR) is 90.9 cm³/mol. The van der Waals surface area contributed by atoms with Crippen molar-refractivity contribution in [2.75, 3.05) is 0 Å². The zero-order valence-electron chi connectivity index (χ0n) is 12.1. The fraction of sp³-hybridized carbons (Fsp3) is 0.176. The van der Waals surface area contributed by atoms with Crippen LogP contribution in [0.5, 0.6) is 0 Å². The van der Waals surface area contributed by atoms with Gasteiger partial charge in [-0.05, 0) is 5.66 Å². The van der Waals surface area contributed by atoms with Gasteiger partial charge in [-0.25, -0.2) is 0 Å². The van der Waals surface area contributed by atoms with E-state index in [-0.39, 0.29) is 0 Å². The van der Waals surface area contributed by atoms with Crippen LogP contribution in [0.15, 0.2) is 60.7 Å². The lowest BCUT2D eigenvalue weighted by atomic mass is 10.4. The largest absolute Gasteiger partial charge is 0.300 e. The smallest absolute Gasteiger partial charge is 0.210 e. The molecule has 0 N–H and O–H groups in total. The van der Waals surface area contributed by atoms with Crippen LogP contribution in [0, 0.1) is 11.2 Å². The molecule has 102 valence electrons. The van der Waals surface area contributed by atoms with E-state index in [1.54, 1.807) is 0 Å². The Kier molecular flexibility index (Phi) is 4.33. The highest BCUT2D eigenvalue weighted by Crippen LogP contribution is 2.41.